The first-order valence-corrected chi connectivity index (χ1v) is 6.38. The van der Waals surface area contributed by atoms with Crippen LogP contribution < -0.4 is 5.56 Å². The molecular weight excluding hydrogens is 256 g/mol. The van der Waals surface area contributed by atoms with Gasteiger partial charge in [-0.1, -0.05) is 11.6 Å². The molecule has 0 amide bonds. The van der Waals surface area contributed by atoms with Crippen LogP contribution in [0.5, 0.6) is 0 Å². The zero-order valence-electron chi connectivity index (χ0n) is 9.90. The lowest BCUT2D eigenvalue weighted by Crippen LogP contribution is -2.15. The van der Waals surface area contributed by atoms with Gasteiger partial charge < -0.3 is 0 Å². The highest BCUT2D eigenvalue weighted by Gasteiger charge is 2.14. The summed E-state index contributed by atoms with van der Waals surface area (Å²) in [6.07, 6.45) is 1.55. The van der Waals surface area contributed by atoms with E-state index in [-0.39, 0.29) is 10.3 Å². The quantitative estimate of drug-likeness (QED) is 0.796. The van der Waals surface area contributed by atoms with Gasteiger partial charge in [0.15, 0.2) is 0 Å². The summed E-state index contributed by atoms with van der Waals surface area (Å²) < 4.78 is 1.93. The Hall–Kier alpha value is -1.00. The molecule has 0 radical (unpaired) electrons. The fraction of sp³-hybridized carbons (Fsp3) is 0.333. The molecule has 0 aliphatic carbocycles. The van der Waals surface area contributed by atoms with Crippen LogP contribution in [0.4, 0.5) is 0 Å². The summed E-state index contributed by atoms with van der Waals surface area (Å²) in [6, 6.07) is 5.21. The van der Waals surface area contributed by atoms with E-state index in [4.69, 9.17) is 11.6 Å². The summed E-state index contributed by atoms with van der Waals surface area (Å²) in [6.45, 7) is 6.31. The Morgan fingerprint density at radius 2 is 2.06 bits per heavy atom. The fourth-order valence-electron chi connectivity index (χ4n) is 1.47. The first-order chi connectivity index (χ1) is 7.87. The summed E-state index contributed by atoms with van der Waals surface area (Å²) in [4.78, 5) is 15.5. The van der Waals surface area contributed by atoms with Crippen LogP contribution >= 0.6 is 23.5 Å². The lowest BCUT2D eigenvalue weighted by Gasteiger charge is -2.20. The number of benzene rings is 1. The van der Waals surface area contributed by atoms with Gasteiger partial charge in [0.2, 0.25) is 0 Å². The smallest absolute Gasteiger partial charge is 0.273 e. The van der Waals surface area contributed by atoms with Gasteiger partial charge in [-0.25, -0.2) is 0 Å². The summed E-state index contributed by atoms with van der Waals surface area (Å²) in [5.74, 6) is 0. The van der Waals surface area contributed by atoms with Gasteiger partial charge in [0.05, 0.1) is 10.9 Å². The minimum Gasteiger partial charge on any atom is -0.273 e. The van der Waals surface area contributed by atoms with Crippen molar-refractivity contribution in [3.63, 3.8) is 0 Å². The van der Waals surface area contributed by atoms with Crippen LogP contribution in [-0.4, -0.2) is 13.7 Å². The monoisotopic (exact) mass is 268 g/mol. The molecule has 5 heteroatoms. The first kappa shape index (κ1) is 12.5. The summed E-state index contributed by atoms with van der Waals surface area (Å²) >= 11 is 7.57. The highest BCUT2D eigenvalue weighted by molar-refractivity contribution is 7.99. The maximum Gasteiger partial charge on any atom is 0.280 e. The highest BCUT2D eigenvalue weighted by Crippen LogP contribution is 2.28. The predicted octanol–water partition coefficient (Wildman–Crippen LogP) is 3.34. The van der Waals surface area contributed by atoms with E-state index in [0.717, 1.165) is 5.52 Å². The topological polar surface area (TPSA) is 34.9 Å². The molecule has 0 N–H and O–H groups in total. The third-order valence-corrected chi connectivity index (χ3v) is 3.35. The number of rotatable bonds is 1. The van der Waals surface area contributed by atoms with Gasteiger partial charge in [-0.15, -0.1) is 0 Å². The molecule has 90 valence electrons. The molecule has 2 aromatic rings. The molecule has 0 bridgehead atoms. The lowest BCUT2D eigenvalue weighted by atomic mass is 10.2. The van der Waals surface area contributed by atoms with Gasteiger partial charge in [0, 0.05) is 9.77 Å². The molecule has 0 atom stereocenters. The van der Waals surface area contributed by atoms with Crippen molar-refractivity contribution in [1.82, 2.24) is 8.96 Å². The second-order valence-electron chi connectivity index (χ2n) is 4.74. The molecular formula is C12H13ClN2OS. The first-order valence-electron chi connectivity index (χ1n) is 5.23. The Balaban J connectivity index is 2.68. The van der Waals surface area contributed by atoms with Gasteiger partial charge in [-0.3, -0.25) is 8.77 Å². The van der Waals surface area contributed by atoms with E-state index in [2.05, 4.69) is 25.8 Å². The molecule has 1 aromatic carbocycles. The molecule has 0 fully saturated rings. The van der Waals surface area contributed by atoms with Gasteiger partial charge >= 0.3 is 0 Å². The number of halogens is 1. The molecule has 0 aliphatic rings. The lowest BCUT2D eigenvalue weighted by molar-refractivity contribution is 0.796. The number of aromatic nitrogens is 2. The normalized spacial score (nSPS) is 12.0. The largest absolute Gasteiger partial charge is 0.280 e. The van der Waals surface area contributed by atoms with Crippen LogP contribution in [0, 0.1) is 0 Å². The minimum atomic E-state index is -0.220. The van der Waals surface area contributed by atoms with Crippen molar-refractivity contribution in [2.75, 3.05) is 0 Å². The van der Waals surface area contributed by atoms with E-state index >= 15 is 0 Å². The maximum absolute atomic E-state index is 11.6. The number of fused-ring (bicyclic) bond motifs is 1. The van der Waals surface area contributed by atoms with Crippen LogP contribution in [0.2, 0.25) is 5.02 Å². The van der Waals surface area contributed by atoms with Crippen molar-refractivity contribution in [3.8, 4) is 0 Å². The van der Waals surface area contributed by atoms with E-state index in [1.165, 1.54) is 0 Å². The minimum absolute atomic E-state index is 0.0337. The molecule has 2 rings (SSSR count). The van der Waals surface area contributed by atoms with Crippen LogP contribution in [0.3, 0.4) is 0 Å². The molecule has 3 nitrogen and oxygen atoms in total. The number of hydrogen-bond acceptors (Lipinski definition) is 3. The molecule has 0 aliphatic heterocycles. The van der Waals surface area contributed by atoms with Gasteiger partial charge in [0.25, 0.3) is 5.56 Å². The van der Waals surface area contributed by atoms with Crippen LogP contribution in [0.1, 0.15) is 20.8 Å². The van der Waals surface area contributed by atoms with Crippen molar-refractivity contribution < 1.29 is 0 Å². The van der Waals surface area contributed by atoms with E-state index in [1.54, 1.807) is 36.5 Å². The third-order valence-electron chi connectivity index (χ3n) is 2.08. The van der Waals surface area contributed by atoms with E-state index in [0.29, 0.717) is 10.4 Å². The molecule has 17 heavy (non-hydrogen) atoms. The van der Waals surface area contributed by atoms with Crippen molar-refractivity contribution in [2.24, 2.45) is 0 Å². The second kappa shape index (κ2) is 4.35. The third kappa shape index (κ3) is 2.82. The Kier molecular flexibility index (Phi) is 3.19. The van der Waals surface area contributed by atoms with Gasteiger partial charge in [0.1, 0.15) is 6.33 Å². The van der Waals surface area contributed by atoms with Crippen molar-refractivity contribution in [1.29, 1.82) is 0 Å². The van der Waals surface area contributed by atoms with Crippen molar-refractivity contribution in [2.45, 2.75) is 25.5 Å². The molecule has 0 spiro atoms. The summed E-state index contributed by atoms with van der Waals surface area (Å²) in [5.41, 5.74) is 0.583. The molecule has 1 aromatic heterocycles. The van der Waals surface area contributed by atoms with Gasteiger partial charge in [-0.05, 0) is 50.9 Å². The van der Waals surface area contributed by atoms with E-state index in [9.17, 15) is 4.79 Å². The highest BCUT2D eigenvalue weighted by atomic mass is 35.5. The van der Waals surface area contributed by atoms with E-state index in [1.807, 2.05) is 3.97 Å². The van der Waals surface area contributed by atoms with Crippen LogP contribution in [0.15, 0.2) is 29.3 Å². The second-order valence-corrected chi connectivity index (χ2v) is 6.98. The van der Waals surface area contributed by atoms with E-state index < -0.39 is 0 Å². The SMILES string of the molecule is CC(C)(C)Sn1cnc(=O)c2ccc(Cl)cc21. The average Bonchev–Trinajstić information content (AvgIpc) is 2.20. The van der Waals surface area contributed by atoms with Crippen molar-refractivity contribution >= 4 is 34.5 Å². The van der Waals surface area contributed by atoms with Crippen LogP contribution in [-0.2, 0) is 0 Å². The van der Waals surface area contributed by atoms with Crippen molar-refractivity contribution in [3.05, 3.63) is 39.9 Å². The Morgan fingerprint density at radius 3 is 2.71 bits per heavy atom. The van der Waals surface area contributed by atoms with Crippen LogP contribution in [0.25, 0.3) is 10.9 Å². The molecule has 1 heterocycles. The predicted molar refractivity (Wildman–Crippen MR) is 73.8 cm³/mol. The summed E-state index contributed by atoms with van der Waals surface area (Å²) in [5, 5.41) is 1.21. The molecule has 0 saturated heterocycles. The number of nitrogens with zero attached hydrogens (tertiary/aromatic N) is 2. The fourth-order valence-corrected chi connectivity index (χ4v) is 2.57. The Morgan fingerprint density at radius 1 is 1.35 bits per heavy atom. The van der Waals surface area contributed by atoms with Gasteiger partial charge in [-0.2, -0.15) is 4.98 Å². The summed E-state index contributed by atoms with van der Waals surface area (Å²) in [7, 11) is 0. The Labute approximate surface area is 109 Å². The zero-order valence-corrected chi connectivity index (χ0v) is 11.5. The maximum atomic E-state index is 11.6. The Bertz CT molecular complexity index is 616. The standard InChI is InChI=1S/C12H13ClN2OS/c1-12(2,3)17-15-7-14-11(16)9-5-4-8(13)6-10(9)15/h4-7H,1-3H3. The average molecular weight is 269 g/mol. The molecule has 0 unspecified atom stereocenters. The molecule has 0 saturated carbocycles. The zero-order chi connectivity index (χ0) is 12.6. The number of hydrogen-bond donors (Lipinski definition) is 0.